The summed E-state index contributed by atoms with van der Waals surface area (Å²) in [6.07, 6.45) is 2.98. The zero-order chi connectivity index (χ0) is 10.4. The Morgan fingerprint density at radius 1 is 1.57 bits per heavy atom. The van der Waals surface area contributed by atoms with Crippen molar-refractivity contribution in [2.45, 2.75) is 32.8 Å². The minimum absolute atomic E-state index is 0.408. The number of morpholine rings is 1. The van der Waals surface area contributed by atoms with Gasteiger partial charge in [-0.2, -0.15) is 12.6 Å². The van der Waals surface area contributed by atoms with Crippen LogP contribution in [0.15, 0.2) is 0 Å². The Balaban J connectivity index is 2.26. The monoisotopic (exact) mass is 217 g/mol. The van der Waals surface area contributed by atoms with Gasteiger partial charge < -0.3 is 4.74 Å². The molecule has 0 N–H and O–H groups in total. The predicted molar refractivity (Wildman–Crippen MR) is 64.1 cm³/mol. The van der Waals surface area contributed by atoms with Crippen molar-refractivity contribution in [3.63, 3.8) is 0 Å². The lowest BCUT2D eigenvalue weighted by Gasteiger charge is -2.33. The molecule has 0 saturated carbocycles. The summed E-state index contributed by atoms with van der Waals surface area (Å²) in [5.74, 6) is 1.77. The highest BCUT2D eigenvalue weighted by Gasteiger charge is 2.19. The van der Waals surface area contributed by atoms with E-state index in [1.165, 1.54) is 19.4 Å². The molecule has 84 valence electrons. The fraction of sp³-hybridized carbons (Fsp3) is 1.00. The average molecular weight is 217 g/mol. The number of thiol groups is 1. The molecule has 0 radical (unpaired) electrons. The van der Waals surface area contributed by atoms with Gasteiger partial charge in [0.05, 0.1) is 12.7 Å². The molecule has 1 aliphatic heterocycles. The fourth-order valence-electron chi connectivity index (χ4n) is 2.07. The van der Waals surface area contributed by atoms with Gasteiger partial charge in [0.2, 0.25) is 0 Å². The van der Waals surface area contributed by atoms with Gasteiger partial charge in [-0.15, -0.1) is 0 Å². The molecular weight excluding hydrogens is 194 g/mol. The van der Waals surface area contributed by atoms with Crippen molar-refractivity contribution in [1.29, 1.82) is 0 Å². The summed E-state index contributed by atoms with van der Waals surface area (Å²) in [7, 11) is 0. The molecule has 1 heterocycles. The average Bonchev–Trinajstić information content (AvgIpc) is 2.17. The van der Waals surface area contributed by atoms with Gasteiger partial charge in [-0.05, 0) is 25.0 Å². The molecule has 1 rings (SSSR count). The molecule has 0 bridgehead atoms. The van der Waals surface area contributed by atoms with Crippen LogP contribution in [-0.4, -0.2) is 43.0 Å². The predicted octanol–water partition coefficient (Wildman–Crippen LogP) is 2.05. The number of hydrogen-bond acceptors (Lipinski definition) is 3. The molecule has 1 saturated heterocycles. The van der Waals surface area contributed by atoms with Crippen molar-refractivity contribution in [1.82, 2.24) is 4.90 Å². The number of ether oxygens (including phenoxy) is 1. The van der Waals surface area contributed by atoms with Gasteiger partial charge in [0.1, 0.15) is 0 Å². The standard InChI is InChI=1S/C11H23NOS/c1-3-4-11(9-14)8-12-5-6-13-10(2)7-12/h10-11,14H,3-9H2,1-2H3. The Hall–Kier alpha value is 0.270. The second-order valence-electron chi connectivity index (χ2n) is 4.28. The molecule has 1 aliphatic rings. The summed E-state index contributed by atoms with van der Waals surface area (Å²) in [5.41, 5.74) is 0. The molecule has 0 aromatic rings. The zero-order valence-electron chi connectivity index (χ0n) is 9.41. The van der Waals surface area contributed by atoms with Crippen LogP contribution in [0.2, 0.25) is 0 Å². The first-order valence-corrected chi connectivity index (χ1v) is 6.34. The van der Waals surface area contributed by atoms with E-state index in [4.69, 9.17) is 4.74 Å². The van der Waals surface area contributed by atoms with Gasteiger partial charge >= 0.3 is 0 Å². The lowest BCUT2D eigenvalue weighted by Crippen LogP contribution is -2.43. The van der Waals surface area contributed by atoms with E-state index in [0.29, 0.717) is 6.10 Å². The number of rotatable bonds is 5. The van der Waals surface area contributed by atoms with Gasteiger partial charge in [-0.3, -0.25) is 4.90 Å². The maximum absolute atomic E-state index is 5.52. The topological polar surface area (TPSA) is 12.5 Å². The van der Waals surface area contributed by atoms with Crippen LogP contribution in [0, 0.1) is 5.92 Å². The normalized spacial score (nSPS) is 26.4. The molecule has 0 aromatic heterocycles. The van der Waals surface area contributed by atoms with Crippen LogP contribution in [0.5, 0.6) is 0 Å². The summed E-state index contributed by atoms with van der Waals surface area (Å²) < 4.78 is 5.52. The van der Waals surface area contributed by atoms with Crippen molar-refractivity contribution in [2.75, 3.05) is 32.0 Å². The van der Waals surface area contributed by atoms with E-state index in [1.807, 2.05) is 0 Å². The van der Waals surface area contributed by atoms with E-state index in [-0.39, 0.29) is 0 Å². The first-order chi connectivity index (χ1) is 6.76. The second kappa shape index (κ2) is 6.70. The van der Waals surface area contributed by atoms with E-state index < -0.39 is 0 Å². The van der Waals surface area contributed by atoms with Crippen LogP contribution in [0.4, 0.5) is 0 Å². The van der Waals surface area contributed by atoms with Crippen LogP contribution in [0.3, 0.4) is 0 Å². The van der Waals surface area contributed by atoms with Crippen LogP contribution < -0.4 is 0 Å². The minimum atomic E-state index is 0.408. The van der Waals surface area contributed by atoms with Gasteiger partial charge in [0.15, 0.2) is 0 Å². The zero-order valence-corrected chi connectivity index (χ0v) is 10.3. The number of hydrogen-bond donors (Lipinski definition) is 1. The molecule has 2 unspecified atom stereocenters. The second-order valence-corrected chi connectivity index (χ2v) is 4.64. The first-order valence-electron chi connectivity index (χ1n) is 5.71. The summed E-state index contributed by atoms with van der Waals surface area (Å²) in [6, 6.07) is 0. The maximum atomic E-state index is 5.52. The fourth-order valence-corrected chi connectivity index (χ4v) is 2.37. The SMILES string of the molecule is CCCC(CS)CN1CCOC(C)C1. The Morgan fingerprint density at radius 3 is 2.93 bits per heavy atom. The lowest BCUT2D eigenvalue weighted by atomic mass is 10.1. The highest BCUT2D eigenvalue weighted by Crippen LogP contribution is 2.13. The van der Waals surface area contributed by atoms with Crippen molar-refractivity contribution in [3.05, 3.63) is 0 Å². The Bertz CT molecular complexity index is 154. The third-order valence-electron chi connectivity index (χ3n) is 2.80. The summed E-state index contributed by atoms with van der Waals surface area (Å²) >= 11 is 4.41. The molecule has 0 aromatic carbocycles. The van der Waals surface area contributed by atoms with Crippen LogP contribution in [0.1, 0.15) is 26.7 Å². The van der Waals surface area contributed by atoms with Crippen LogP contribution in [0.25, 0.3) is 0 Å². The molecule has 14 heavy (non-hydrogen) atoms. The van der Waals surface area contributed by atoms with Crippen LogP contribution in [-0.2, 0) is 4.74 Å². The van der Waals surface area contributed by atoms with Crippen molar-refractivity contribution < 1.29 is 4.74 Å². The molecule has 0 spiro atoms. The van der Waals surface area contributed by atoms with E-state index in [0.717, 1.165) is 31.4 Å². The highest BCUT2D eigenvalue weighted by molar-refractivity contribution is 7.80. The van der Waals surface area contributed by atoms with E-state index in [1.54, 1.807) is 0 Å². The molecule has 0 aliphatic carbocycles. The Labute approximate surface area is 93.4 Å². The van der Waals surface area contributed by atoms with Crippen LogP contribution >= 0.6 is 12.6 Å². The number of nitrogens with zero attached hydrogens (tertiary/aromatic N) is 1. The smallest absolute Gasteiger partial charge is 0.0674 e. The minimum Gasteiger partial charge on any atom is -0.376 e. The maximum Gasteiger partial charge on any atom is 0.0674 e. The van der Waals surface area contributed by atoms with Crippen molar-refractivity contribution >= 4 is 12.6 Å². The Kier molecular flexibility index (Phi) is 5.90. The Morgan fingerprint density at radius 2 is 2.36 bits per heavy atom. The van der Waals surface area contributed by atoms with Gasteiger partial charge in [0.25, 0.3) is 0 Å². The van der Waals surface area contributed by atoms with E-state index >= 15 is 0 Å². The third-order valence-corrected chi connectivity index (χ3v) is 3.31. The van der Waals surface area contributed by atoms with Crippen molar-refractivity contribution in [2.24, 2.45) is 5.92 Å². The van der Waals surface area contributed by atoms with Gasteiger partial charge in [-0.25, -0.2) is 0 Å². The first kappa shape index (κ1) is 12.3. The quantitative estimate of drug-likeness (QED) is 0.708. The van der Waals surface area contributed by atoms with Gasteiger partial charge in [0, 0.05) is 19.6 Å². The van der Waals surface area contributed by atoms with E-state index in [2.05, 4.69) is 31.4 Å². The molecule has 1 fully saturated rings. The van der Waals surface area contributed by atoms with E-state index in [9.17, 15) is 0 Å². The third kappa shape index (κ3) is 4.20. The summed E-state index contributed by atoms with van der Waals surface area (Å²) in [4.78, 5) is 2.52. The molecule has 0 amide bonds. The molecule has 3 heteroatoms. The molecular formula is C11H23NOS. The molecule has 2 atom stereocenters. The largest absolute Gasteiger partial charge is 0.376 e. The molecule has 2 nitrogen and oxygen atoms in total. The highest BCUT2D eigenvalue weighted by atomic mass is 32.1. The summed E-state index contributed by atoms with van der Waals surface area (Å²) in [6.45, 7) is 8.68. The van der Waals surface area contributed by atoms with Crippen molar-refractivity contribution in [3.8, 4) is 0 Å². The van der Waals surface area contributed by atoms with Gasteiger partial charge in [-0.1, -0.05) is 13.3 Å². The summed E-state index contributed by atoms with van der Waals surface area (Å²) in [5, 5.41) is 0. The lowest BCUT2D eigenvalue weighted by molar-refractivity contribution is -0.0224.